The van der Waals surface area contributed by atoms with Crippen molar-refractivity contribution in [1.29, 1.82) is 0 Å². The lowest BCUT2D eigenvalue weighted by molar-refractivity contribution is 0.0180. The third kappa shape index (κ3) is 2.54. The van der Waals surface area contributed by atoms with Crippen LogP contribution in [0.3, 0.4) is 0 Å². The van der Waals surface area contributed by atoms with Gasteiger partial charge in [-0.2, -0.15) is 0 Å². The van der Waals surface area contributed by atoms with E-state index in [1.54, 1.807) is 0 Å². The first-order valence-electron chi connectivity index (χ1n) is 6.79. The topological polar surface area (TPSA) is 29.3 Å². The normalized spacial score (nSPS) is 27.6. The highest BCUT2D eigenvalue weighted by molar-refractivity contribution is 4.89. The molecule has 2 fully saturated rings. The van der Waals surface area contributed by atoms with Gasteiger partial charge in [-0.1, -0.05) is 32.6 Å². The monoisotopic (exact) mass is 210 g/mol. The highest BCUT2D eigenvalue weighted by Gasteiger charge is 2.34. The van der Waals surface area contributed by atoms with Crippen LogP contribution in [-0.4, -0.2) is 30.6 Å². The molecule has 1 aliphatic carbocycles. The molecule has 2 rings (SSSR count). The fraction of sp³-hybridized carbons (Fsp3) is 1.00. The Bertz CT molecular complexity index is 181. The van der Waals surface area contributed by atoms with E-state index in [0.29, 0.717) is 6.04 Å². The molecule has 0 spiro atoms. The van der Waals surface area contributed by atoms with Crippen LogP contribution in [0.25, 0.3) is 0 Å². The number of nitrogens with two attached hydrogens (primary N) is 1. The number of nitrogens with zero attached hydrogens (tertiary/aromatic N) is 1. The van der Waals surface area contributed by atoms with E-state index in [-0.39, 0.29) is 0 Å². The summed E-state index contributed by atoms with van der Waals surface area (Å²) < 4.78 is 0. The lowest BCUT2D eigenvalue weighted by atomic mass is 9.81. The number of hydrogen-bond donors (Lipinski definition) is 1. The molecule has 88 valence electrons. The van der Waals surface area contributed by atoms with Gasteiger partial charge in [0, 0.05) is 25.7 Å². The van der Waals surface area contributed by atoms with Gasteiger partial charge in [0.05, 0.1) is 0 Å². The maximum atomic E-state index is 5.96. The Morgan fingerprint density at radius 3 is 2.40 bits per heavy atom. The van der Waals surface area contributed by atoms with Crippen molar-refractivity contribution in [3.63, 3.8) is 0 Å². The second-order valence-electron chi connectivity index (χ2n) is 5.43. The van der Waals surface area contributed by atoms with E-state index in [1.807, 2.05) is 0 Å². The summed E-state index contributed by atoms with van der Waals surface area (Å²) >= 11 is 0. The van der Waals surface area contributed by atoms with Crippen molar-refractivity contribution in [2.45, 2.75) is 51.5 Å². The Kier molecular flexibility index (Phi) is 4.04. The summed E-state index contributed by atoms with van der Waals surface area (Å²) in [6.07, 6.45) is 8.52. The SMILES string of the molecule is CCC1CN(C(CN)C2CCCCC2)C1. The zero-order valence-electron chi connectivity index (χ0n) is 10.1. The first-order chi connectivity index (χ1) is 7.35. The molecule has 2 nitrogen and oxygen atoms in total. The van der Waals surface area contributed by atoms with E-state index in [9.17, 15) is 0 Å². The van der Waals surface area contributed by atoms with Crippen molar-refractivity contribution >= 4 is 0 Å². The number of likely N-dealkylation sites (tertiary alicyclic amines) is 1. The highest BCUT2D eigenvalue weighted by Crippen LogP contribution is 2.32. The molecule has 2 aliphatic rings. The van der Waals surface area contributed by atoms with E-state index in [1.165, 1.54) is 51.6 Å². The van der Waals surface area contributed by atoms with E-state index >= 15 is 0 Å². The van der Waals surface area contributed by atoms with Gasteiger partial charge in [-0.15, -0.1) is 0 Å². The zero-order chi connectivity index (χ0) is 10.7. The maximum absolute atomic E-state index is 5.96. The first-order valence-corrected chi connectivity index (χ1v) is 6.79. The van der Waals surface area contributed by atoms with Crippen LogP contribution in [0, 0.1) is 11.8 Å². The third-order valence-corrected chi connectivity index (χ3v) is 4.47. The van der Waals surface area contributed by atoms with Crippen LogP contribution < -0.4 is 5.73 Å². The van der Waals surface area contributed by atoms with E-state index in [0.717, 1.165) is 18.4 Å². The van der Waals surface area contributed by atoms with Gasteiger partial charge < -0.3 is 5.73 Å². The van der Waals surface area contributed by atoms with Crippen LogP contribution in [0.1, 0.15) is 45.4 Å². The van der Waals surface area contributed by atoms with E-state index < -0.39 is 0 Å². The average Bonchev–Trinajstić information content (AvgIpc) is 2.24. The summed E-state index contributed by atoms with van der Waals surface area (Å²) in [4.78, 5) is 2.64. The molecule has 1 atom stereocenters. The van der Waals surface area contributed by atoms with Crippen LogP contribution in [0.15, 0.2) is 0 Å². The minimum atomic E-state index is 0.702. The van der Waals surface area contributed by atoms with Crippen LogP contribution in [0.4, 0.5) is 0 Å². The largest absolute Gasteiger partial charge is 0.329 e. The summed E-state index contributed by atoms with van der Waals surface area (Å²) in [7, 11) is 0. The highest BCUT2D eigenvalue weighted by atomic mass is 15.2. The first kappa shape index (κ1) is 11.4. The fourth-order valence-electron chi connectivity index (χ4n) is 3.30. The van der Waals surface area contributed by atoms with Crippen LogP contribution in [0.2, 0.25) is 0 Å². The Hall–Kier alpha value is -0.0800. The van der Waals surface area contributed by atoms with Crippen LogP contribution in [-0.2, 0) is 0 Å². The van der Waals surface area contributed by atoms with Gasteiger partial charge >= 0.3 is 0 Å². The predicted molar refractivity (Wildman–Crippen MR) is 64.8 cm³/mol. The summed E-state index contributed by atoms with van der Waals surface area (Å²) in [5.41, 5.74) is 5.96. The Labute approximate surface area is 94.2 Å². The Morgan fingerprint density at radius 2 is 1.87 bits per heavy atom. The number of rotatable bonds is 4. The molecule has 1 aliphatic heterocycles. The number of hydrogen-bond acceptors (Lipinski definition) is 2. The van der Waals surface area contributed by atoms with Gasteiger partial charge in [-0.05, 0) is 24.7 Å². The lowest BCUT2D eigenvalue weighted by Crippen LogP contribution is -2.57. The summed E-state index contributed by atoms with van der Waals surface area (Å²) in [5.74, 6) is 1.86. The third-order valence-electron chi connectivity index (χ3n) is 4.47. The van der Waals surface area contributed by atoms with Gasteiger partial charge in [0.2, 0.25) is 0 Å². The smallest absolute Gasteiger partial charge is 0.0246 e. The molecule has 2 heteroatoms. The molecule has 0 bridgehead atoms. The molecular weight excluding hydrogens is 184 g/mol. The summed E-state index contributed by atoms with van der Waals surface area (Å²) in [6.45, 7) is 5.81. The van der Waals surface area contributed by atoms with E-state index in [2.05, 4.69) is 11.8 Å². The minimum absolute atomic E-state index is 0.702. The van der Waals surface area contributed by atoms with Crippen molar-refractivity contribution < 1.29 is 0 Å². The molecule has 0 amide bonds. The quantitative estimate of drug-likeness (QED) is 0.771. The van der Waals surface area contributed by atoms with Gasteiger partial charge in [0.25, 0.3) is 0 Å². The molecule has 0 radical (unpaired) electrons. The molecule has 0 aromatic rings. The average molecular weight is 210 g/mol. The standard InChI is InChI=1S/C13H26N2/c1-2-11-9-15(10-11)13(8-14)12-6-4-3-5-7-12/h11-13H,2-10,14H2,1H3. The van der Waals surface area contributed by atoms with Crippen molar-refractivity contribution in [2.75, 3.05) is 19.6 Å². The molecule has 1 heterocycles. The molecule has 15 heavy (non-hydrogen) atoms. The molecule has 1 unspecified atom stereocenters. The van der Waals surface area contributed by atoms with Crippen molar-refractivity contribution in [2.24, 2.45) is 17.6 Å². The van der Waals surface area contributed by atoms with Crippen molar-refractivity contribution in [3.8, 4) is 0 Å². The minimum Gasteiger partial charge on any atom is -0.329 e. The predicted octanol–water partition coefficient (Wildman–Crippen LogP) is 2.24. The molecule has 1 saturated carbocycles. The second kappa shape index (κ2) is 5.31. The molecule has 0 aromatic heterocycles. The fourth-order valence-corrected chi connectivity index (χ4v) is 3.30. The van der Waals surface area contributed by atoms with Crippen molar-refractivity contribution in [1.82, 2.24) is 4.90 Å². The Balaban J connectivity index is 1.81. The zero-order valence-corrected chi connectivity index (χ0v) is 10.1. The molecule has 1 saturated heterocycles. The molecular formula is C13H26N2. The van der Waals surface area contributed by atoms with Crippen molar-refractivity contribution in [3.05, 3.63) is 0 Å². The van der Waals surface area contributed by atoms with Gasteiger partial charge in [-0.25, -0.2) is 0 Å². The molecule has 2 N–H and O–H groups in total. The van der Waals surface area contributed by atoms with Gasteiger partial charge in [-0.3, -0.25) is 4.90 Å². The second-order valence-corrected chi connectivity index (χ2v) is 5.43. The maximum Gasteiger partial charge on any atom is 0.0246 e. The van der Waals surface area contributed by atoms with Crippen LogP contribution in [0.5, 0.6) is 0 Å². The lowest BCUT2D eigenvalue weighted by Gasteiger charge is -2.47. The van der Waals surface area contributed by atoms with E-state index in [4.69, 9.17) is 5.73 Å². The van der Waals surface area contributed by atoms with Crippen LogP contribution >= 0.6 is 0 Å². The summed E-state index contributed by atoms with van der Waals surface area (Å²) in [6, 6.07) is 0.702. The summed E-state index contributed by atoms with van der Waals surface area (Å²) in [5, 5.41) is 0. The molecule has 0 aromatic carbocycles. The van der Waals surface area contributed by atoms with Gasteiger partial charge in [0.15, 0.2) is 0 Å². The van der Waals surface area contributed by atoms with Gasteiger partial charge in [0.1, 0.15) is 0 Å². The Morgan fingerprint density at radius 1 is 1.20 bits per heavy atom.